The Kier molecular flexibility index (Phi) is 4.24. The number of nitrogens with two attached hydrogens (primary N) is 2. The highest BCUT2D eigenvalue weighted by Gasteiger charge is 2.28. The predicted molar refractivity (Wildman–Crippen MR) is 76.2 cm³/mol. The number of carbonyl (C=O) groups is 1. The number of hydrogen-bond donors (Lipinski definition) is 2. The van der Waals surface area contributed by atoms with Gasteiger partial charge in [0, 0.05) is 28.8 Å². The average Bonchev–Trinajstić information content (AvgIpc) is 2.38. The van der Waals surface area contributed by atoms with E-state index in [1.54, 1.807) is 0 Å². The highest BCUT2D eigenvalue weighted by atomic mass is 79.9. The van der Waals surface area contributed by atoms with Crippen LogP contribution in [0.4, 0.5) is 5.69 Å². The summed E-state index contributed by atoms with van der Waals surface area (Å²) < 4.78 is 0.983. The lowest BCUT2D eigenvalue weighted by Gasteiger charge is -2.37. The van der Waals surface area contributed by atoms with Crippen molar-refractivity contribution in [1.29, 1.82) is 0 Å². The summed E-state index contributed by atoms with van der Waals surface area (Å²) in [6, 6.07) is 5.73. The number of halogens is 1. The lowest BCUT2D eigenvalue weighted by molar-refractivity contribution is -0.119. The fraction of sp³-hybridized carbons (Fsp3) is 0.462. The number of hydrogen-bond acceptors (Lipinski definition) is 3. The molecule has 2 rings (SSSR count). The summed E-state index contributed by atoms with van der Waals surface area (Å²) in [5.41, 5.74) is 13.4. The summed E-state index contributed by atoms with van der Waals surface area (Å²) in [4.78, 5) is 13.7. The smallest absolute Gasteiger partial charge is 0.240 e. The van der Waals surface area contributed by atoms with Gasteiger partial charge in [0.25, 0.3) is 0 Å². The summed E-state index contributed by atoms with van der Waals surface area (Å²) in [5.74, 6) is -0.252. The minimum Gasteiger partial charge on any atom is -0.368 e. The van der Waals surface area contributed by atoms with Gasteiger partial charge in [-0.3, -0.25) is 4.79 Å². The van der Waals surface area contributed by atoms with E-state index in [0.29, 0.717) is 6.54 Å². The first kappa shape index (κ1) is 13.4. The fourth-order valence-corrected chi connectivity index (χ4v) is 3.05. The second kappa shape index (κ2) is 5.71. The van der Waals surface area contributed by atoms with E-state index in [1.165, 1.54) is 0 Å². The maximum absolute atomic E-state index is 11.6. The zero-order chi connectivity index (χ0) is 13.1. The van der Waals surface area contributed by atoms with Crippen LogP contribution in [0.15, 0.2) is 22.7 Å². The van der Waals surface area contributed by atoms with Gasteiger partial charge in [0.1, 0.15) is 6.04 Å². The highest BCUT2D eigenvalue weighted by Crippen LogP contribution is 2.31. The number of carbonyl (C=O) groups excluding carboxylic acids is 1. The van der Waals surface area contributed by atoms with Gasteiger partial charge in [-0.05, 0) is 31.4 Å². The Balaban J connectivity index is 2.39. The second-order valence-corrected chi connectivity index (χ2v) is 5.40. The minimum atomic E-state index is -0.252. The van der Waals surface area contributed by atoms with Crippen LogP contribution >= 0.6 is 15.9 Å². The monoisotopic (exact) mass is 311 g/mol. The number of rotatable bonds is 3. The van der Waals surface area contributed by atoms with Gasteiger partial charge in [0.15, 0.2) is 0 Å². The molecular weight excluding hydrogens is 294 g/mol. The van der Waals surface area contributed by atoms with Crippen molar-refractivity contribution in [1.82, 2.24) is 0 Å². The molecule has 0 aromatic heterocycles. The molecule has 0 aliphatic carbocycles. The largest absolute Gasteiger partial charge is 0.368 e. The maximum Gasteiger partial charge on any atom is 0.240 e. The van der Waals surface area contributed by atoms with E-state index in [1.807, 2.05) is 18.2 Å². The zero-order valence-electron chi connectivity index (χ0n) is 10.2. The molecule has 1 heterocycles. The molecule has 1 unspecified atom stereocenters. The Morgan fingerprint density at radius 1 is 1.44 bits per heavy atom. The number of primary amides is 1. The van der Waals surface area contributed by atoms with Crippen molar-refractivity contribution in [3.8, 4) is 0 Å². The third kappa shape index (κ3) is 2.52. The van der Waals surface area contributed by atoms with Gasteiger partial charge in [-0.2, -0.15) is 0 Å². The van der Waals surface area contributed by atoms with E-state index in [-0.39, 0.29) is 11.9 Å². The number of benzene rings is 1. The first-order valence-corrected chi connectivity index (χ1v) is 6.98. The van der Waals surface area contributed by atoms with E-state index >= 15 is 0 Å². The van der Waals surface area contributed by atoms with Crippen molar-refractivity contribution in [2.45, 2.75) is 31.8 Å². The van der Waals surface area contributed by atoms with Crippen LogP contribution in [0.25, 0.3) is 0 Å². The fourth-order valence-electron chi connectivity index (χ4n) is 2.53. The Labute approximate surface area is 115 Å². The molecule has 4 nitrogen and oxygen atoms in total. The van der Waals surface area contributed by atoms with Crippen LogP contribution < -0.4 is 16.4 Å². The van der Waals surface area contributed by atoms with Gasteiger partial charge in [-0.1, -0.05) is 22.0 Å². The molecule has 5 heteroatoms. The van der Waals surface area contributed by atoms with E-state index in [4.69, 9.17) is 11.5 Å². The van der Waals surface area contributed by atoms with E-state index in [2.05, 4.69) is 20.8 Å². The number of anilines is 1. The van der Waals surface area contributed by atoms with Crippen molar-refractivity contribution in [2.24, 2.45) is 11.5 Å². The van der Waals surface area contributed by atoms with Gasteiger partial charge < -0.3 is 16.4 Å². The molecule has 1 aliphatic heterocycles. The lowest BCUT2D eigenvalue weighted by Crippen LogP contribution is -2.48. The average molecular weight is 312 g/mol. The minimum absolute atomic E-state index is 0.210. The molecule has 1 aromatic carbocycles. The molecule has 1 fully saturated rings. The molecule has 1 amide bonds. The van der Waals surface area contributed by atoms with Gasteiger partial charge in [0.2, 0.25) is 5.91 Å². The summed E-state index contributed by atoms with van der Waals surface area (Å²) in [6.45, 7) is 1.30. The van der Waals surface area contributed by atoms with Crippen LogP contribution in [-0.2, 0) is 11.3 Å². The molecule has 0 bridgehead atoms. The summed E-state index contributed by atoms with van der Waals surface area (Å²) in [5, 5.41) is 0. The normalized spacial score (nSPS) is 19.9. The van der Waals surface area contributed by atoms with E-state index < -0.39 is 0 Å². The van der Waals surface area contributed by atoms with Gasteiger partial charge >= 0.3 is 0 Å². The quantitative estimate of drug-likeness (QED) is 0.893. The Bertz CT molecular complexity index is 450. The Morgan fingerprint density at radius 2 is 2.22 bits per heavy atom. The molecular formula is C13H18BrN3O. The standard InChI is InChI=1S/C13H18BrN3O/c14-10-4-3-6-11(9(10)8-15)17-7-2-1-5-12(17)13(16)18/h3-4,6,12H,1-2,5,7-8,15H2,(H2,16,18). The van der Waals surface area contributed by atoms with Crippen molar-refractivity contribution in [2.75, 3.05) is 11.4 Å². The Morgan fingerprint density at radius 3 is 2.89 bits per heavy atom. The van der Waals surface area contributed by atoms with Crippen molar-refractivity contribution in [3.63, 3.8) is 0 Å². The molecule has 1 saturated heterocycles. The van der Waals surface area contributed by atoms with Crippen LogP contribution in [0.2, 0.25) is 0 Å². The summed E-state index contributed by atoms with van der Waals surface area (Å²) in [7, 11) is 0. The SMILES string of the molecule is NCc1c(Br)cccc1N1CCCCC1C(N)=O. The molecule has 4 N–H and O–H groups in total. The molecule has 98 valence electrons. The first-order chi connectivity index (χ1) is 8.65. The van der Waals surface area contributed by atoms with Crippen molar-refractivity contribution >= 4 is 27.5 Å². The molecule has 1 aromatic rings. The molecule has 0 spiro atoms. The highest BCUT2D eigenvalue weighted by molar-refractivity contribution is 9.10. The summed E-state index contributed by atoms with van der Waals surface area (Å²) in [6.07, 6.45) is 2.96. The van der Waals surface area contributed by atoms with Crippen LogP contribution in [0.5, 0.6) is 0 Å². The van der Waals surface area contributed by atoms with Crippen molar-refractivity contribution in [3.05, 3.63) is 28.2 Å². The lowest BCUT2D eigenvalue weighted by atomic mass is 9.99. The van der Waals surface area contributed by atoms with Crippen LogP contribution in [0.1, 0.15) is 24.8 Å². The molecule has 1 atom stereocenters. The molecule has 1 aliphatic rings. The second-order valence-electron chi connectivity index (χ2n) is 4.55. The van der Waals surface area contributed by atoms with Gasteiger partial charge in [-0.25, -0.2) is 0 Å². The van der Waals surface area contributed by atoms with Crippen molar-refractivity contribution < 1.29 is 4.79 Å². The number of amides is 1. The molecule has 0 saturated carbocycles. The first-order valence-electron chi connectivity index (χ1n) is 6.18. The van der Waals surface area contributed by atoms with Crippen LogP contribution in [-0.4, -0.2) is 18.5 Å². The number of nitrogens with zero attached hydrogens (tertiary/aromatic N) is 1. The third-order valence-corrected chi connectivity index (χ3v) is 4.18. The Hall–Kier alpha value is -1.07. The van der Waals surface area contributed by atoms with E-state index in [9.17, 15) is 4.79 Å². The van der Waals surface area contributed by atoms with Crippen LogP contribution in [0.3, 0.4) is 0 Å². The number of piperidine rings is 1. The topological polar surface area (TPSA) is 72.3 Å². The third-order valence-electron chi connectivity index (χ3n) is 3.44. The zero-order valence-corrected chi connectivity index (χ0v) is 11.8. The van der Waals surface area contributed by atoms with Crippen LogP contribution in [0, 0.1) is 0 Å². The molecule has 18 heavy (non-hydrogen) atoms. The van der Waals surface area contributed by atoms with E-state index in [0.717, 1.165) is 41.5 Å². The summed E-state index contributed by atoms with van der Waals surface area (Å²) >= 11 is 3.51. The predicted octanol–water partition coefficient (Wildman–Crippen LogP) is 1.75. The molecule has 0 radical (unpaired) electrons. The van der Waals surface area contributed by atoms with Gasteiger partial charge in [-0.15, -0.1) is 0 Å². The maximum atomic E-state index is 11.6. The van der Waals surface area contributed by atoms with Gasteiger partial charge in [0.05, 0.1) is 0 Å².